The number of ketones is 2. The molecule has 2 fully saturated rings. The largest absolute Gasteiger partial charge is 0.370 e. The number of carbonyl (C=O) groups excluding carboxylic acids is 3. The second-order valence-corrected chi connectivity index (χ2v) is 8.58. The first-order chi connectivity index (χ1) is 15.5. The van der Waals surface area contributed by atoms with Crippen molar-refractivity contribution >= 4 is 29.1 Å². The van der Waals surface area contributed by atoms with Crippen LogP contribution in [0.3, 0.4) is 0 Å². The van der Waals surface area contributed by atoms with Crippen molar-refractivity contribution < 1.29 is 28.4 Å². The Hall–Kier alpha value is -2.61. The molecule has 2 aromatic rings. The summed E-state index contributed by atoms with van der Waals surface area (Å²) >= 11 is 5.92. The summed E-state index contributed by atoms with van der Waals surface area (Å²) in [6.07, 6.45) is 0.640. The van der Waals surface area contributed by atoms with Gasteiger partial charge in [-0.15, -0.1) is 0 Å². The molecule has 2 aliphatic heterocycles. The molecule has 168 valence electrons. The number of quaternary nitrogens is 1. The van der Waals surface area contributed by atoms with E-state index < -0.39 is 35.3 Å². The third-order valence-corrected chi connectivity index (χ3v) is 6.42. The number of Topliss-reactive ketones (excluding diaryl/α,β-unsaturated/α-hetero) is 2. The molecule has 1 amide bonds. The lowest BCUT2D eigenvalue weighted by Crippen LogP contribution is -3.14. The highest BCUT2D eigenvalue weighted by Gasteiger charge is 2.52. The quantitative estimate of drug-likeness (QED) is 0.389. The Morgan fingerprint density at radius 2 is 1.78 bits per heavy atom. The maximum absolute atomic E-state index is 14.8. The van der Waals surface area contributed by atoms with Crippen LogP contribution in [0.25, 0.3) is 0 Å². The molecule has 32 heavy (non-hydrogen) atoms. The van der Waals surface area contributed by atoms with Crippen LogP contribution in [0.15, 0.2) is 48.5 Å². The van der Waals surface area contributed by atoms with Crippen LogP contribution < -0.4 is 4.90 Å². The average Bonchev–Trinajstić information content (AvgIpc) is 3.05. The summed E-state index contributed by atoms with van der Waals surface area (Å²) in [5, 5.41) is 0.452. The third kappa shape index (κ3) is 4.60. The monoisotopic (exact) mass is 459 g/mol. The Morgan fingerprint density at radius 1 is 1.09 bits per heavy atom. The number of nitrogens with zero attached hydrogens (tertiary/aromatic N) is 1. The molecule has 0 aliphatic carbocycles. The van der Waals surface area contributed by atoms with Gasteiger partial charge in [-0.25, -0.2) is 4.39 Å². The first-order valence-electron chi connectivity index (χ1n) is 10.8. The Balaban J connectivity index is 1.62. The number of nitrogens with one attached hydrogen (secondary N) is 1. The van der Waals surface area contributed by atoms with E-state index in [1.807, 2.05) is 0 Å². The van der Waals surface area contributed by atoms with Gasteiger partial charge in [0.2, 0.25) is 5.78 Å². The Morgan fingerprint density at radius 3 is 2.47 bits per heavy atom. The predicted octanol–water partition coefficient (Wildman–Crippen LogP) is 1.74. The number of halogens is 2. The Labute approximate surface area is 190 Å². The zero-order chi connectivity index (χ0) is 22.7. The van der Waals surface area contributed by atoms with Crippen LogP contribution in [-0.2, 0) is 14.3 Å². The summed E-state index contributed by atoms with van der Waals surface area (Å²) in [7, 11) is 0. The van der Waals surface area contributed by atoms with Gasteiger partial charge in [0.25, 0.3) is 5.91 Å². The molecule has 0 radical (unpaired) electrons. The van der Waals surface area contributed by atoms with Gasteiger partial charge in [0.1, 0.15) is 24.8 Å². The zero-order valence-electron chi connectivity index (χ0n) is 17.6. The minimum Gasteiger partial charge on any atom is -0.370 e. The number of hydrogen-bond acceptors (Lipinski definition) is 4. The molecule has 2 aromatic carbocycles. The van der Waals surface area contributed by atoms with Crippen LogP contribution in [-0.4, -0.2) is 61.8 Å². The average molecular weight is 460 g/mol. The van der Waals surface area contributed by atoms with E-state index in [1.165, 1.54) is 34.1 Å². The molecule has 2 heterocycles. The highest BCUT2D eigenvalue weighted by molar-refractivity contribution is 6.44. The number of morpholine rings is 1. The van der Waals surface area contributed by atoms with Crippen molar-refractivity contribution in [2.24, 2.45) is 5.92 Å². The molecule has 4 rings (SSSR count). The van der Waals surface area contributed by atoms with Gasteiger partial charge in [0.05, 0.1) is 25.8 Å². The molecule has 0 bridgehead atoms. The van der Waals surface area contributed by atoms with E-state index in [9.17, 15) is 18.8 Å². The molecule has 1 N–H and O–H groups in total. The SMILES string of the molecule is O=C1C(=O)N(CCC[NH+]2CCOCC2)C(c2ccccc2F)C1C(=O)c1ccc(Cl)cc1. The van der Waals surface area contributed by atoms with Crippen molar-refractivity contribution in [1.82, 2.24) is 4.90 Å². The Kier molecular flexibility index (Phi) is 6.98. The van der Waals surface area contributed by atoms with Gasteiger partial charge in [0, 0.05) is 29.1 Å². The van der Waals surface area contributed by atoms with Crippen LogP contribution in [0.4, 0.5) is 4.39 Å². The molecule has 2 saturated heterocycles. The minimum absolute atomic E-state index is 0.178. The first-order valence-corrected chi connectivity index (χ1v) is 11.2. The van der Waals surface area contributed by atoms with Gasteiger partial charge in [-0.3, -0.25) is 14.4 Å². The highest BCUT2D eigenvalue weighted by Crippen LogP contribution is 2.39. The van der Waals surface area contributed by atoms with Gasteiger partial charge in [-0.05, 0) is 30.3 Å². The molecule has 2 aliphatic rings. The fraction of sp³-hybridized carbons (Fsp3) is 0.375. The van der Waals surface area contributed by atoms with E-state index in [-0.39, 0.29) is 17.7 Å². The van der Waals surface area contributed by atoms with Gasteiger partial charge in [-0.2, -0.15) is 0 Å². The second-order valence-electron chi connectivity index (χ2n) is 8.14. The molecule has 0 aromatic heterocycles. The van der Waals surface area contributed by atoms with Gasteiger partial charge >= 0.3 is 0 Å². The summed E-state index contributed by atoms with van der Waals surface area (Å²) < 4.78 is 20.1. The van der Waals surface area contributed by atoms with Crippen LogP contribution in [0.5, 0.6) is 0 Å². The number of carbonyl (C=O) groups is 3. The third-order valence-electron chi connectivity index (χ3n) is 6.17. The van der Waals surface area contributed by atoms with Crippen molar-refractivity contribution in [2.45, 2.75) is 12.5 Å². The van der Waals surface area contributed by atoms with E-state index >= 15 is 0 Å². The molecule has 2 unspecified atom stereocenters. The molecule has 0 saturated carbocycles. The van der Waals surface area contributed by atoms with E-state index in [4.69, 9.17) is 16.3 Å². The van der Waals surface area contributed by atoms with E-state index in [1.54, 1.807) is 24.3 Å². The normalized spacial score (nSPS) is 21.9. The maximum atomic E-state index is 14.8. The van der Waals surface area contributed by atoms with Crippen LogP contribution in [0, 0.1) is 11.7 Å². The number of benzene rings is 2. The van der Waals surface area contributed by atoms with Crippen molar-refractivity contribution in [1.29, 1.82) is 0 Å². The molecule has 8 heteroatoms. The Bertz CT molecular complexity index is 1010. The van der Waals surface area contributed by atoms with E-state index in [0.717, 1.165) is 19.6 Å². The van der Waals surface area contributed by atoms with Crippen molar-refractivity contribution in [3.8, 4) is 0 Å². The molecule has 0 spiro atoms. The fourth-order valence-corrected chi connectivity index (χ4v) is 4.62. The topological polar surface area (TPSA) is 68.1 Å². The number of hydrogen-bond donors (Lipinski definition) is 1. The van der Waals surface area contributed by atoms with Gasteiger partial charge in [-0.1, -0.05) is 29.8 Å². The number of likely N-dealkylation sites (tertiary alicyclic amines) is 1. The van der Waals surface area contributed by atoms with Crippen molar-refractivity contribution in [3.63, 3.8) is 0 Å². The number of ether oxygens (including phenoxy) is 1. The van der Waals surface area contributed by atoms with Crippen molar-refractivity contribution in [3.05, 3.63) is 70.5 Å². The van der Waals surface area contributed by atoms with Crippen LogP contribution in [0.1, 0.15) is 28.4 Å². The van der Waals surface area contributed by atoms with E-state index in [2.05, 4.69) is 0 Å². The standard InChI is InChI=1S/C24H24ClFN2O4/c25-17-8-6-16(7-9-17)22(29)20-21(18-4-1-2-5-19(18)26)28(24(31)23(20)30)11-3-10-27-12-14-32-15-13-27/h1-2,4-9,20-21H,3,10-15H2/p+1. The van der Waals surface area contributed by atoms with E-state index in [0.29, 0.717) is 24.7 Å². The van der Waals surface area contributed by atoms with Gasteiger partial charge < -0.3 is 14.5 Å². The smallest absolute Gasteiger partial charge is 0.291 e. The van der Waals surface area contributed by atoms with Gasteiger partial charge in [0.15, 0.2) is 5.78 Å². The minimum atomic E-state index is -1.30. The second kappa shape index (κ2) is 9.90. The summed E-state index contributed by atoms with van der Waals surface area (Å²) in [6.45, 7) is 4.26. The lowest BCUT2D eigenvalue weighted by atomic mass is 9.86. The lowest BCUT2D eigenvalue weighted by Gasteiger charge is -2.29. The maximum Gasteiger partial charge on any atom is 0.291 e. The van der Waals surface area contributed by atoms with Crippen LogP contribution in [0.2, 0.25) is 5.02 Å². The lowest BCUT2D eigenvalue weighted by molar-refractivity contribution is -0.908. The zero-order valence-corrected chi connectivity index (χ0v) is 18.3. The first kappa shape index (κ1) is 22.6. The molecular formula is C24H25ClFN2O4+. The highest BCUT2D eigenvalue weighted by atomic mass is 35.5. The summed E-state index contributed by atoms with van der Waals surface area (Å²) in [4.78, 5) is 41.9. The number of rotatable bonds is 7. The molecular weight excluding hydrogens is 435 g/mol. The summed E-state index contributed by atoms with van der Waals surface area (Å²) in [5.74, 6) is -3.87. The summed E-state index contributed by atoms with van der Waals surface area (Å²) in [6, 6.07) is 11.2. The summed E-state index contributed by atoms with van der Waals surface area (Å²) in [5.41, 5.74) is 0.444. The number of amides is 1. The molecule has 2 atom stereocenters. The van der Waals surface area contributed by atoms with Crippen molar-refractivity contribution in [2.75, 3.05) is 39.4 Å². The fourth-order valence-electron chi connectivity index (χ4n) is 4.49. The molecule has 6 nitrogen and oxygen atoms in total. The predicted molar refractivity (Wildman–Crippen MR) is 116 cm³/mol. The van der Waals surface area contributed by atoms with Crippen LogP contribution >= 0.6 is 11.6 Å².